The first kappa shape index (κ1) is 22.9. The fourth-order valence-corrected chi connectivity index (χ4v) is 3.08. The van der Waals surface area contributed by atoms with Crippen LogP contribution in [0.15, 0.2) is 60.7 Å². The van der Waals surface area contributed by atoms with Crippen molar-refractivity contribution in [3.63, 3.8) is 0 Å². The van der Waals surface area contributed by atoms with E-state index in [2.05, 4.69) is 10.1 Å². The molecule has 0 saturated heterocycles. The molecular formula is C23H19F4NO4. The molecule has 0 heterocycles. The van der Waals surface area contributed by atoms with Crippen molar-refractivity contribution in [2.75, 3.05) is 11.9 Å². The summed E-state index contributed by atoms with van der Waals surface area (Å²) < 4.78 is 60.1. The lowest BCUT2D eigenvalue weighted by molar-refractivity contribution is -0.274. The number of benzene rings is 3. The number of halogens is 4. The van der Waals surface area contributed by atoms with Crippen LogP contribution >= 0.6 is 0 Å². The van der Waals surface area contributed by atoms with Gasteiger partial charge < -0.3 is 19.9 Å². The van der Waals surface area contributed by atoms with Gasteiger partial charge in [0.25, 0.3) is 0 Å². The Bertz CT molecular complexity index is 1120. The highest BCUT2D eigenvalue weighted by atomic mass is 19.4. The van der Waals surface area contributed by atoms with Crippen molar-refractivity contribution in [3.8, 4) is 22.6 Å². The smallest absolute Gasteiger partial charge is 0.479 e. The van der Waals surface area contributed by atoms with Gasteiger partial charge in [-0.25, -0.2) is 9.18 Å². The van der Waals surface area contributed by atoms with E-state index in [-0.39, 0.29) is 11.5 Å². The number of carboxylic acid groups (broad SMARTS) is 1. The Morgan fingerprint density at radius 1 is 1.06 bits per heavy atom. The van der Waals surface area contributed by atoms with Gasteiger partial charge in [-0.2, -0.15) is 0 Å². The quantitative estimate of drug-likeness (QED) is 0.427. The van der Waals surface area contributed by atoms with Crippen molar-refractivity contribution in [1.29, 1.82) is 0 Å². The number of aryl methyl sites for hydroxylation is 1. The van der Waals surface area contributed by atoms with E-state index in [0.29, 0.717) is 17.8 Å². The zero-order valence-corrected chi connectivity index (χ0v) is 16.9. The Hall–Kier alpha value is -3.75. The molecule has 5 nitrogen and oxygen atoms in total. The standard InChI is InChI=1S/C23H19F4NO4/c1-14-9-18(32-23(25,26)27)6-7-19(14)16-4-2-3-15(10-16)12-28-17-5-8-21(20(24)11-17)31-13-22(29)30/h2-11,28H,12-13H2,1H3,(H,29,30). The first-order chi connectivity index (χ1) is 15.1. The topological polar surface area (TPSA) is 67.8 Å². The van der Waals surface area contributed by atoms with Gasteiger partial charge in [-0.1, -0.05) is 24.3 Å². The zero-order valence-electron chi connectivity index (χ0n) is 16.9. The van der Waals surface area contributed by atoms with E-state index in [1.165, 1.54) is 24.3 Å². The van der Waals surface area contributed by atoms with E-state index >= 15 is 0 Å². The van der Waals surface area contributed by atoms with Crippen molar-refractivity contribution < 1.29 is 36.9 Å². The van der Waals surface area contributed by atoms with Crippen LogP contribution in [0.4, 0.5) is 23.2 Å². The molecule has 0 unspecified atom stereocenters. The first-order valence-corrected chi connectivity index (χ1v) is 9.44. The molecule has 3 aromatic carbocycles. The van der Waals surface area contributed by atoms with E-state index in [1.54, 1.807) is 19.1 Å². The van der Waals surface area contributed by atoms with Crippen molar-refractivity contribution in [2.45, 2.75) is 19.8 Å². The minimum atomic E-state index is -4.75. The van der Waals surface area contributed by atoms with Gasteiger partial charge in [-0.05, 0) is 59.5 Å². The van der Waals surface area contributed by atoms with Crippen LogP contribution in [-0.4, -0.2) is 24.0 Å². The Kier molecular flexibility index (Phi) is 6.87. The molecule has 3 rings (SSSR count). The largest absolute Gasteiger partial charge is 0.573 e. The van der Waals surface area contributed by atoms with Crippen LogP contribution in [0.3, 0.4) is 0 Å². The fourth-order valence-electron chi connectivity index (χ4n) is 3.08. The number of alkyl halides is 3. The highest BCUT2D eigenvalue weighted by Crippen LogP contribution is 2.30. The molecule has 0 aliphatic heterocycles. The summed E-state index contributed by atoms with van der Waals surface area (Å²) in [5.74, 6) is -2.34. The van der Waals surface area contributed by atoms with Gasteiger partial charge in [-0.3, -0.25) is 0 Å². The molecule has 0 aliphatic carbocycles. The number of anilines is 1. The maximum Gasteiger partial charge on any atom is 0.573 e. The molecule has 0 atom stereocenters. The van der Waals surface area contributed by atoms with Gasteiger partial charge in [0.05, 0.1) is 0 Å². The molecule has 0 aliphatic rings. The van der Waals surface area contributed by atoms with Gasteiger partial charge in [0.1, 0.15) is 5.75 Å². The first-order valence-electron chi connectivity index (χ1n) is 9.44. The number of ether oxygens (including phenoxy) is 2. The van der Waals surface area contributed by atoms with Crippen LogP contribution in [-0.2, 0) is 11.3 Å². The summed E-state index contributed by atoms with van der Waals surface area (Å²) in [6.45, 7) is 1.41. The second-order valence-electron chi connectivity index (χ2n) is 6.91. The number of nitrogens with one attached hydrogen (secondary N) is 1. The molecule has 0 aromatic heterocycles. The number of aliphatic carboxylic acids is 1. The summed E-state index contributed by atoms with van der Waals surface area (Å²) in [4.78, 5) is 10.5. The number of hydrogen-bond donors (Lipinski definition) is 2. The minimum absolute atomic E-state index is 0.159. The SMILES string of the molecule is Cc1cc(OC(F)(F)F)ccc1-c1cccc(CNc2ccc(OCC(=O)O)c(F)c2)c1. The lowest BCUT2D eigenvalue weighted by Gasteiger charge is -2.13. The van der Waals surface area contributed by atoms with Crippen LogP contribution in [0.1, 0.15) is 11.1 Å². The van der Waals surface area contributed by atoms with Crippen LogP contribution in [0.5, 0.6) is 11.5 Å². The van der Waals surface area contributed by atoms with Crippen LogP contribution in [0.2, 0.25) is 0 Å². The van der Waals surface area contributed by atoms with Crippen molar-refractivity contribution in [1.82, 2.24) is 0 Å². The molecular weight excluding hydrogens is 430 g/mol. The summed E-state index contributed by atoms with van der Waals surface area (Å²) in [6.07, 6.45) is -4.75. The summed E-state index contributed by atoms with van der Waals surface area (Å²) in [6, 6.07) is 15.6. The number of hydrogen-bond acceptors (Lipinski definition) is 4. The Labute approximate surface area is 181 Å². The zero-order chi connectivity index (χ0) is 23.3. The second kappa shape index (κ2) is 9.59. The Balaban J connectivity index is 1.69. The van der Waals surface area contributed by atoms with Crippen LogP contribution in [0, 0.1) is 12.7 Å². The van der Waals surface area contributed by atoms with Crippen molar-refractivity contribution in [3.05, 3.63) is 77.6 Å². The molecule has 2 N–H and O–H groups in total. The Morgan fingerprint density at radius 3 is 2.50 bits per heavy atom. The van der Waals surface area contributed by atoms with Crippen LogP contribution in [0.25, 0.3) is 11.1 Å². The van der Waals surface area contributed by atoms with E-state index in [1.807, 2.05) is 24.3 Å². The third-order valence-corrected chi connectivity index (χ3v) is 4.45. The van der Waals surface area contributed by atoms with Crippen LogP contribution < -0.4 is 14.8 Å². The third kappa shape index (κ3) is 6.37. The van der Waals surface area contributed by atoms with Gasteiger partial charge in [0, 0.05) is 18.3 Å². The van der Waals surface area contributed by atoms with Crippen molar-refractivity contribution >= 4 is 11.7 Å². The van der Waals surface area contributed by atoms with Gasteiger partial charge >= 0.3 is 12.3 Å². The van der Waals surface area contributed by atoms with E-state index in [4.69, 9.17) is 9.84 Å². The molecule has 0 radical (unpaired) electrons. The second-order valence-corrected chi connectivity index (χ2v) is 6.91. The lowest BCUT2D eigenvalue weighted by atomic mass is 9.98. The van der Waals surface area contributed by atoms with E-state index in [9.17, 15) is 22.4 Å². The fraction of sp³-hybridized carbons (Fsp3) is 0.174. The average Bonchev–Trinajstić information content (AvgIpc) is 2.70. The highest BCUT2D eigenvalue weighted by Gasteiger charge is 2.31. The van der Waals surface area contributed by atoms with E-state index in [0.717, 1.165) is 16.7 Å². The average molecular weight is 449 g/mol. The summed E-state index contributed by atoms with van der Waals surface area (Å²) in [5.41, 5.74) is 3.52. The third-order valence-electron chi connectivity index (χ3n) is 4.45. The normalized spacial score (nSPS) is 11.2. The predicted molar refractivity (Wildman–Crippen MR) is 110 cm³/mol. The molecule has 0 saturated carbocycles. The monoisotopic (exact) mass is 449 g/mol. The summed E-state index contributed by atoms with van der Waals surface area (Å²) >= 11 is 0. The molecule has 0 amide bonds. The maximum absolute atomic E-state index is 14.1. The summed E-state index contributed by atoms with van der Waals surface area (Å²) in [7, 11) is 0. The predicted octanol–water partition coefficient (Wildman–Crippen LogP) is 5.78. The molecule has 9 heteroatoms. The number of carbonyl (C=O) groups is 1. The molecule has 0 bridgehead atoms. The van der Waals surface area contributed by atoms with Gasteiger partial charge in [0.2, 0.25) is 0 Å². The van der Waals surface area contributed by atoms with Crippen molar-refractivity contribution in [2.24, 2.45) is 0 Å². The highest BCUT2D eigenvalue weighted by molar-refractivity contribution is 5.69. The molecule has 0 spiro atoms. The molecule has 0 fully saturated rings. The molecule has 32 heavy (non-hydrogen) atoms. The maximum atomic E-state index is 14.1. The molecule has 168 valence electrons. The number of rotatable bonds is 8. The summed E-state index contributed by atoms with van der Waals surface area (Å²) in [5, 5.41) is 11.7. The Morgan fingerprint density at radius 2 is 1.84 bits per heavy atom. The lowest BCUT2D eigenvalue weighted by Crippen LogP contribution is -2.17. The number of carboxylic acids is 1. The minimum Gasteiger partial charge on any atom is -0.479 e. The molecule has 3 aromatic rings. The van der Waals surface area contributed by atoms with E-state index < -0.39 is 24.8 Å². The van der Waals surface area contributed by atoms with Gasteiger partial charge in [0.15, 0.2) is 18.2 Å². The van der Waals surface area contributed by atoms with Gasteiger partial charge in [-0.15, -0.1) is 13.2 Å².